The number of nitrogens with zero attached hydrogens (tertiary/aromatic N) is 1. The summed E-state index contributed by atoms with van der Waals surface area (Å²) in [6.45, 7) is 5.94. The summed E-state index contributed by atoms with van der Waals surface area (Å²) in [7, 11) is 0. The molecule has 0 saturated heterocycles. The highest BCUT2D eigenvalue weighted by Crippen LogP contribution is 2.09. The summed E-state index contributed by atoms with van der Waals surface area (Å²) in [5.41, 5.74) is 17.1. The highest BCUT2D eigenvalue weighted by atomic mass is 16.4. The molecule has 0 fully saturated rings. The molecule has 1 aromatic carbocycles. The van der Waals surface area contributed by atoms with Gasteiger partial charge in [-0.05, 0) is 38.2 Å². The van der Waals surface area contributed by atoms with Gasteiger partial charge in [0.25, 0.3) is 0 Å². The highest BCUT2D eigenvalue weighted by Gasteiger charge is 2.34. The van der Waals surface area contributed by atoms with E-state index in [1.54, 1.807) is 44.2 Å². The second-order valence-electron chi connectivity index (χ2n) is 10.8. The van der Waals surface area contributed by atoms with Crippen LogP contribution in [-0.4, -0.2) is 99.8 Å². The standard InChI is InChI=1S/C28H46N8O8/c1-14(2)21(35-24(40)19(13-17-9-6-5-7-10-17)34-25(41)20(29)15(3)37)26(42)33-18(11-8-12-32-28(30)31)23(39)36-22(16(4)38)27(43)44/h5-7,9-10,14-16,18-22,37-38H,8,11-13,29H2,1-4H3,(H,33,42)(H,34,41)(H,35,40)(H,36,39)(H,43,44)(H4,30,31,32)/t15-,16-,18-,19-,20-,21-,22-/m0/s1. The summed E-state index contributed by atoms with van der Waals surface area (Å²) in [5, 5.41) is 38.8. The number of hydrogen-bond donors (Lipinski definition) is 10. The molecule has 246 valence electrons. The number of guanidine groups is 1. The Hall–Kier alpha value is -4.28. The number of aliphatic carboxylic acids is 1. The van der Waals surface area contributed by atoms with Gasteiger partial charge in [-0.2, -0.15) is 0 Å². The van der Waals surface area contributed by atoms with E-state index in [0.717, 1.165) is 0 Å². The molecule has 0 aliphatic rings. The number of aliphatic hydroxyl groups excluding tert-OH is 2. The SMILES string of the molecule is CC(C)[C@H](NC(=O)[C@H](Cc1ccccc1)NC(=O)[C@@H](N)[C@H](C)O)C(=O)N[C@@H](CCCN=C(N)N)C(=O)N[C@H](C(=O)O)[C@H](C)O. The van der Waals surface area contributed by atoms with Crippen molar-refractivity contribution in [1.82, 2.24) is 21.3 Å². The fourth-order valence-corrected chi connectivity index (χ4v) is 4.01. The zero-order valence-electron chi connectivity index (χ0n) is 25.4. The predicted octanol–water partition coefficient (Wildman–Crippen LogP) is -2.95. The van der Waals surface area contributed by atoms with Gasteiger partial charge in [0.1, 0.15) is 24.2 Å². The average molecular weight is 623 g/mol. The molecule has 0 aliphatic carbocycles. The summed E-state index contributed by atoms with van der Waals surface area (Å²) < 4.78 is 0. The minimum Gasteiger partial charge on any atom is -0.480 e. The van der Waals surface area contributed by atoms with Gasteiger partial charge in [0.2, 0.25) is 23.6 Å². The number of carbonyl (C=O) groups is 5. The molecule has 44 heavy (non-hydrogen) atoms. The van der Waals surface area contributed by atoms with Crippen LogP contribution in [0.5, 0.6) is 0 Å². The van der Waals surface area contributed by atoms with Crippen molar-refractivity contribution in [2.75, 3.05) is 6.54 Å². The Morgan fingerprint density at radius 2 is 1.32 bits per heavy atom. The predicted molar refractivity (Wildman–Crippen MR) is 162 cm³/mol. The minimum atomic E-state index is -1.64. The van der Waals surface area contributed by atoms with Crippen LogP contribution < -0.4 is 38.5 Å². The number of rotatable bonds is 18. The van der Waals surface area contributed by atoms with E-state index in [1.807, 2.05) is 0 Å². The molecular formula is C28H46N8O8. The Labute approximate surface area is 256 Å². The van der Waals surface area contributed by atoms with Crippen LogP contribution in [0, 0.1) is 5.92 Å². The minimum absolute atomic E-state index is 0.0107. The van der Waals surface area contributed by atoms with Gasteiger partial charge < -0.3 is 53.8 Å². The highest BCUT2D eigenvalue weighted by molar-refractivity contribution is 5.95. The Morgan fingerprint density at radius 3 is 1.82 bits per heavy atom. The molecule has 13 N–H and O–H groups in total. The van der Waals surface area contributed by atoms with Crippen molar-refractivity contribution in [2.45, 2.75) is 89.4 Å². The van der Waals surface area contributed by atoms with E-state index in [-0.39, 0.29) is 31.8 Å². The quantitative estimate of drug-likeness (QED) is 0.0449. The van der Waals surface area contributed by atoms with Crippen LogP contribution in [0.1, 0.15) is 46.1 Å². The number of nitrogens with one attached hydrogen (secondary N) is 4. The lowest BCUT2D eigenvalue weighted by molar-refractivity contribution is -0.145. The Balaban J connectivity index is 3.21. The number of carboxylic acid groups (broad SMARTS) is 1. The van der Waals surface area contributed by atoms with Crippen molar-refractivity contribution in [1.29, 1.82) is 0 Å². The molecule has 0 radical (unpaired) electrons. The second kappa shape index (κ2) is 18.4. The lowest BCUT2D eigenvalue weighted by atomic mass is 9.99. The van der Waals surface area contributed by atoms with Crippen molar-refractivity contribution in [3.8, 4) is 0 Å². The lowest BCUT2D eigenvalue weighted by Crippen LogP contribution is -2.61. The molecule has 0 bridgehead atoms. The molecule has 0 unspecified atom stereocenters. The normalized spacial score (nSPS) is 15.8. The maximum Gasteiger partial charge on any atom is 0.328 e. The van der Waals surface area contributed by atoms with Crippen molar-refractivity contribution in [3.05, 3.63) is 35.9 Å². The molecule has 16 heteroatoms. The first kappa shape index (κ1) is 37.7. The smallest absolute Gasteiger partial charge is 0.328 e. The van der Waals surface area contributed by atoms with Crippen molar-refractivity contribution in [3.63, 3.8) is 0 Å². The summed E-state index contributed by atoms with van der Waals surface area (Å²) in [5.74, 6) is -5.29. The third-order valence-corrected chi connectivity index (χ3v) is 6.61. The van der Waals surface area contributed by atoms with E-state index >= 15 is 0 Å². The molecule has 0 spiro atoms. The van der Waals surface area contributed by atoms with Crippen LogP contribution in [0.15, 0.2) is 35.3 Å². The van der Waals surface area contributed by atoms with Gasteiger partial charge in [0, 0.05) is 13.0 Å². The first-order valence-corrected chi connectivity index (χ1v) is 14.2. The second-order valence-corrected chi connectivity index (χ2v) is 10.8. The number of aliphatic imine (C=N–C) groups is 1. The van der Waals surface area contributed by atoms with Crippen LogP contribution in [0.25, 0.3) is 0 Å². The van der Waals surface area contributed by atoms with Gasteiger partial charge in [-0.3, -0.25) is 24.2 Å². The number of carboxylic acids is 1. The fourth-order valence-electron chi connectivity index (χ4n) is 4.01. The molecule has 4 amide bonds. The van der Waals surface area contributed by atoms with E-state index in [0.29, 0.717) is 5.56 Å². The first-order valence-electron chi connectivity index (χ1n) is 14.2. The summed E-state index contributed by atoms with van der Waals surface area (Å²) in [6, 6.07) is 2.19. The maximum absolute atomic E-state index is 13.5. The Bertz CT molecular complexity index is 1140. The monoisotopic (exact) mass is 622 g/mol. The van der Waals surface area contributed by atoms with E-state index in [9.17, 15) is 39.3 Å². The van der Waals surface area contributed by atoms with Crippen LogP contribution in [0.2, 0.25) is 0 Å². The zero-order chi connectivity index (χ0) is 33.6. The van der Waals surface area contributed by atoms with Crippen molar-refractivity contribution >= 4 is 35.6 Å². The number of amides is 4. The summed E-state index contributed by atoms with van der Waals surface area (Å²) in [6.07, 6.45) is -2.37. The Morgan fingerprint density at radius 1 is 0.773 bits per heavy atom. The van der Waals surface area contributed by atoms with Crippen LogP contribution in [-0.2, 0) is 30.4 Å². The summed E-state index contributed by atoms with van der Waals surface area (Å²) >= 11 is 0. The third kappa shape index (κ3) is 12.9. The first-order chi connectivity index (χ1) is 20.5. The van der Waals surface area contributed by atoms with Crippen molar-refractivity contribution < 1.29 is 39.3 Å². The molecular weight excluding hydrogens is 576 g/mol. The van der Waals surface area contributed by atoms with Crippen LogP contribution in [0.3, 0.4) is 0 Å². The zero-order valence-corrected chi connectivity index (χ0v) is 25.4. The largest absolute Gasteiger partial charge is 0.480 e. The lowest BCUT2D eigenvalue weighted by Gasteiger charge is -2.28. The molecule has 1 aromatic rings. The van der Waals surface area contributed by atoms with Gasteiger partial charge in [0.05, 0.1) is 12.2 Å². The van der Waals surface area contributed by atoms with Crippen LogP contribution in [0.4, 0.5) is 0 Å². The van der Waals surface area contributed by atoms with Crippen LogP contribution >= 0.6 is 0 Å². The molecule has 1 rings (SSSR count). The Kier molecular flexibility index (Phi) is 15.8. The molecule has 0 aliphatic heterocycles. The number of nitrogens with two attached hydrogens (primary N) is 3. The molecule has 16 nitrogen and oxygen atoms in total. The molecule has 0 saturated carbocycles. The van der Waals surface area contributed by atoms with Gasteiger partial charge in [0.15, 0.2) is 12.0 Å². The van der Waals surface area contributed by atoms with Crippen molar-refractivity contribution in [2.24, 2.45) is 28.1 Å². The maximum atomic E-state index is 13.5. The van der Waals surface area contributed by atoms with Gasteiger partial charge in [-0.15, -0.1) is 0 Å². The number of hydrogen-bond acceptors (Lipinski definition) is 9. The number of carbonyl (C=O) groups excluding carboxylic acids is 4. The van der Waals surface area contributed by atoms with Gasteiger partial charge in [-0.1, -0.05) is 44.2 Å². The fraction of sp³-hybridized carbons (Fsp3) is 0.571. The number of benzene rings is 1. The molecule has 0 heterocycles. The molecule has 0 aromatic heterocycles. The summed E-state index contributed by atoms with van der Waals surface area (Å²) in [4.78, 5) is 67.9. The third-order valence-electron chi connectivity index (χ3n) is 6.61. The van der Waals surface area contributed by atoms with Gasteiger partial charge in [-0.25, -0.2) is 4.79 Å². The van der Waals surface area contributed by atoms with E-state index < -0.39 is 77.9 Å². The number of aliphatic hydroxyl groups is 2. The van der Waals surface area contributed by atoms with E-state index in [4.69, 9.17) is 17.2 Å². The van der Waals surface area contributed by atoms with E-state index in [2.05, 4.69) is 26.3 Å². The van der Waals surface area contributed by atoms with E-state index in [1.165, 1.54) is 13.8 Å². The van der Waals surface area contributed by atoms with Gasteiger partial charge >= 0.3 is 5.97 Å². The topological polar surface area (TPSA) is 285 Å². The average Bonchev–Trinajstić information content (AvgIpc) is 2.94. The molecule has 7 atom stereocenters.